The van der Waals surface area contributed by atoms with E-state index in [1.165, 1.54) is 11.1 Å². The molecule has 30 heavy (non-hydrogen) atoms. The van der Waals surface area contributed by atoms with Gasteiger partial charge >= 0.3 is 11.9 Å². The van der Waals surface area contributed by atoms with Gasteiger partial charge < -0.3 is 15.3 Å². The zero-order valence-electron chi connectivity index (χ0n) is 16.5. The highest BCUT2D eigenvalue weighted by Crippen LogP contribution is 2.19. The Morgan fingerprint density at radius 3 is 1.70 bits per heavy atom. The van der Waals surface area contributed by atoms with Crippen LogP contribution in [0.15, 0.2) is 84.9 Å². The maximum Gasteiger partial charge on any atom is 0.414 e. The summed E-state index contributed by atoms with van der Waals surface area (Å²) in [6.07, 6.45) is 1.00. The number of phenolic OH excluding ortho intramolecular Hbond substituents is 1. The van der Waals surface area contributed by atoms with Crippen LogP contribution >= 0.6 is 0 Å². The van der Waals surface area contributed by atoms with Gasteiger partial charge in [0, 0.05) is 25.2 Å². The predicted molar refractivity (Wildman–Crippen MR) is 114 cm³/mol. The first-order valence-electron chi connectivity index (χ1n) is 9.49. The summed E-state index contributed by atoms with van der Waals surface area (Å²) in [4.78, 5) is 20.6. The summed E-state index contributed by atoms with van der Waals surface area (Å²) in [5.41, 5.74) is 3.61. The number of hydrogen-bond acceptors (Lipinski definition) is 4. The van der Waals surface area contributed by atoms with E-state index in [1.54, 1.807) is 6.07 Å². The molecule has 0 saturated heterocycles. The van der Waals surface area contributed by atoms with Crippen LogP contribution in [-0.2, 0) is 29.1 Å². The second-order valence-electron chi connectivity index (χ2n) is 6.67. The van der Waals surface area contributed by atoms with E-state index in [2.05, 4.69) is 53.4 Å². The summed E-state index contributed by atoms with van der Waals surface area (Å²) in [6, 6.07) is 28.6. The average Bonchev–Trinajstić information content (AvgIpc) is 2.75. The van der Waals surface area contributed by atoms with Crippen LogP contribution in [-0.4, -0.2) is 38.7 Å². The number of rotatable bonds is 7. The van der Waals surface area contributed by atoms with Crippen LogP contribution in [0.4, 0.5) is 0 Å². The largest absolute Gasteiger partial charge is 0.508 e. The van der Waals surface area contributed by atoms with Crippen molar-refractivity contribution in [1.82, 2.24) is 4.90 Å². The molecule has 0 bridgehead atoms. The first kappa shape index (κ1) is 22.6. The summed E-state index contributed by atoms with van der Waals surface area (Å²) in [7, 11) is 0. The van der Waals surface area contributed by atoms with Crippen molar-refractivity contribution in [3.63, 3.8) is 0 Å². The van der Waals surface area contributed by atoms with E-state index in [4.69, 9.17) is 19.8 Å². The van der Waals surface area contributed by atoms with Crippen LogP contribution in [0.1, 0.15) is 16.7 Å². The molecule has 6 nitrogen and oxygen atoms in total. The minimum absolute atomic E-state index is 0.371. The number of phenols is 1. The smallest absolute Gasteiger partial charge is 0.414 e. The molecule has 6 heteroatoms. The SMILES string of the molecule is O=C(O)C(=O)O.Oc1ccccc1CN(CCc1ccccc1)Cc1ccccc1. The summed E-state index contributed by atoms with van der Waals surface area (Å²) >= 11 is 0. The predicted octanol–water partition coefficient (Wildman–Crippen LogP) is 3.79. The Labute approximate surface area is 175 Å². The van der Waals surface area contributed by atoms with Crippen molar-refractivity contribution < 1.29 is 24.9 Å². The summed E-state index contributed by atoms with van der Waals surface area (Å²) in [5.74, 6) is -3.28. The van der Waals surface area contributed by atoms with E-state index in [1.807, 2.05) is 30.3 Å². The molecule has 0 aliphatic heterocycles. The Balaban J connectivity index is 0.000000469. The first-order valence-corrected chi connectivity index (χ1v) is 9.49. The molecular weight excluding hydrogens is 382 g/mol. The number of benzene rings is 3. The quantitative estimate of drug-likeness (QED) is 0.516. The van der Waals surface area contributed by atoms with Crippen LogP contribution in [0.3, 0.4) is 0 Å². The Morgan fingerprint density at radius 2 is 1.17 bits per heavy atom. The van der Waals surface area contributed by atoms with Crippen LogP contribution in [0.2, 0.25) is 0 Å². The Hall–Kier alpha value is -3.64. The van der Waals surface area contributed by atoms with E-state index in [9.17, 15) is 5.11 Å². The van der Waals surface area contributed by atoms with Gasteiger partial charge in [-0.1, -0.05) is 78.9 Å². The zero-order chi connectivity index (χ0) is 21.8. The van der Waals surface area contributed by atoms with Crippen molar-refractivity contribution >= 4 is 11.9 Å². The molecule has 0 saturated carbocycles. The molecule has 0 aromatic heterocycles. The number of carboxylic acids is 2. The van der Waals surface area contributed by atoms with Crippen molar-refractivity contribution in [3.8, 4) is 5.75 Å². The third-order valence-corrected chi connectivity index (χ3v) is 4.38. The molecule has 0 spiro atoms. The van der Waals surface area contributed by atoms with Gasteiger partial charge in [-0.15, -0.1) is 0 Å². The van der Waals surface area contributed by atoms with E-state index in [0.717, 1.165) is 31.6 Å². The lowest BCUT2D eigenvalue weighted by Crippen LogP contribution is -2.25. The van der Waals surface area contributed by atoms with Gasteiger partial charge in [0.1, 0.15) is 5.75 Å². The fourth-order valence-electron chi connectivity index (χ4n) is 2.87. The highest BCUT2D eigenvalue weighted by Gasteiger charge is 2.10. The number of nitrogens with zero attached hydrogens (tertiary/aromatic N) is 1. The average molecular weight is 407 g/mol. The van der Waals surface area contributed by atoms with Crippen molar-refractivity contribution in [1.29, 1.82) is 0 Å². The minimum Gasteiger partial charge on any atom is -0.508 e. The van der Waals surface area contributed by atoms with Gasteiger partial charge in [-0.25, -0.2) is 9.59 Å². The third kappa shape index (κ3) is 8.16. The number of aliphatic carboxylic acids is 2. The van der Waals surface area contributed by atoms with Crippen molar-refractivity contribution in [2.24, 2.45) is 0 Å². The lowest BCUT2D eigenvalue weighted by atomic mass is 10.1. The van der Waals surface area contributed by atoms with E-state index in [-0.39, 0.29) is 0 Å². The number of aromatic hydroxyl groups is 1. The second-order valence-corrected chi connectivity index (χ2v) is 6.67. The van der Waals surface area contributed by atoms with Crippen molar-refractivity contribution in [3.05, 3.63) is 102 Å². The van der Waals surface area contributed by atoms with Crippen LogP contribution in [0.5, 0.6) is 5.75 Å². The molecule has 0 unspecified atom stereocenters. The zero-order valence-corrected chi connectivity index (χ0v) is 16.5. The van der Waals surface area contributed by atoms with E-state index in [0.29, 0.717) is 5.75 Å². The maximum absolute atomic E-state index is 10.1. The summed E-state index contributed by atoms with van der Waals surface area (Å²) in [6.45, 7) is 2.57. The third-order valence-electron chi connectivity index (χ3n) is 4.38. The number of carboxylic acid groups (broad SMARTS) is 2. The minimum atomic E-state index is -1.82. The van der Waals surface area contributed by atoms with Gasteiger partial charge in [0.05, 0.1) is 0 Å². The summed E-state index contributed by atoms with van der Waals surface area (Å²) in [5, 5.41) is 24.9. The van der Waals surface area contributed by atoms with Gasteiger partial charge in [-0.3, -0.25) is 4.90 Å². The Kier molecular flexibility index (Phi) is 9.09. The normalized spacial score (nSPS) is 10.2. The fourth-order valence-corrected chi connectivity index (χ4v) is 2.87. The molecule has 0 amide bonds. The number of para-hydroxylation sites is 1. The lowest BCUT2D eigenvalue weighted by molar-refractivity contribution is -0.159. The molecule has 3 aromatic carbocycles. The van der Waals surface area contributed by atoms with Gasteiger partial charge in [0.15, 0.2) is 0 Å². The lowest BCUT2D eigenvalue weighted by Gasteiger charge is -2.23. The highest BCUT2D eigenvalue weighted by atomic mass is 16.4. The van der Waals surface area contributed by atoms with E-state index >= 15 is 0 Å². The topological polar surface area (TPSA) is 98.1 Å². The molecule has 3 N–H and O–H groups in total. The van der Waals surface area contributed by atoms with Gasteiger partial charge in [-0.2, -0.15) is 0 Å². The molecule has 0 aliphatic carbocycles. The molecule has 3 rings (SSSR count). The molecule has 3 aromatic rings. The maximum atomic E-state index is 10.1. The van der Waals surface area contributed by atoms with Gasteiger partial charge in [-0.05, 0) is 23.6 Å². The molecule has 0 fully saturated rings. The molecular formula is C24H25NO5. The molecule has 0 radical (unpaired) electrons. The van der Waals surface area contributed by atoms with E-state index < -0.39 is 11.9 Å². The standard InChI is InChI=1S/C22H23NO.C2H2O4/c24-22-14-8-7-13-21(22)18-23(17-20-11-5-2-6-12-20)16-15-19-9-3-1-4-10-19;3-1(4)2(5)6/h1-14,24H,15-18H2;(H,3,4)(H,5,6). The van der Waals surface area contributed by atoms with Crippen LogP contribution in [0, 0.1) is 0 Å². The molecule has 156 valence electrons. The number of carbonyl (C=O) groups is 2. The molecule has 0 atom stereocenters. The van der Waals surface area contributed by atoms with Crippen molar-refractivity contribution in [2.75, 3.05) is 6.54 Å². The first-order chi connectivity index (χ1) is 14.5. The van der Waals surface area contributed by atoms with Crippen molar-refractivity contribution in [2.45, 2.75) is 19.5 Å². The monoisotopic (exact) mass is 407 g/mol. The second kappa shape index (κ2) is 12.0. The Bertz CT molecular complexity index is 917. The fraction of sp³-hybridized carbons (Fsp3) is 0.167. The van der Waals surface area contributed by atoms with Gasteiger partial charge in [0.25, 0.3) is 0 Å². The Morgan fingerprint density at radius 1 is 0.667 bits per heavy atom. The highest BCUT2D eigenvalue weighted by molar-refractivity contribution is 6.27. The molecule has 0 aliphatic rings. The van der Waals surface area contributed by atoms with Gasteiger partial charge in [0.2, 0.25) is 0 Å². The van der Waals surface area contributed by atoms with Crippen LogP contribution < -0.4 is 0 Å². The van der Waals surface area contributed by atoms with Crippen LogP contribution in [0.25, 0.3) is 0 Å². The number of hydrogen-bond donors (Lipinski definition) is 3. The molecule has 0 heterocycles. The summed E-state index contributed by atoms with van der Waals surface area (Å²) < 4.78 is 0.